The Bertz CT molecular complexity index is 1040. The van der Waals surface area contributed by atoms with Gasteiger partial charge >= 0.3 is 11.6 Å². The van der Waals surface area contributed by atoms with Gasteiger partial charge in [0.15, 0.2) is 0 Å². The van der Waals surface area contributed by atoms with Crippen molar-refractivity contribution in [2.75, 3.05) is 0 Å². The molecule has 26 heavy (non-hydrogen) atoms. The van der Waals surface area contributed by atoms with Crippen LogP contribution in [-0.2, 0) is 17.8 Å². The van der Waals surface area contributed by atoms with Crippen LogP contribution in [0.4, 0.5) is 4.39 Å². The molecule has 0 aliphatic heterocycles. The first-order valence-electron chi connectivity index (χ1n) is 7.70. The number of hydrogen-bond acceptors (Lipinski definition) is 4. The Kier molecular flexibility index (Phi) is 4.95. The van der Waals surface area contributed by atoms with Gasteiger partial charge in [0.2, 0.25) is 0 Å². The lowest BCUT2D eigenvalue weighted by molar-refractivity contribution is -0.136. The molecule has 0 amide bonds. The van der Waals surface area contributed by atoms with Crippen LogP contribution >= 0.6 is 11.6 Å². The van der Waals surface area contributed by atoms with E-state index in [0.717, 1.165) is 0 Å². The fourth-order valence-corrected chi connectivity index (χ4v) is 2.86. The first-order valence-corrected chi connectivity index (χ1v) is 8.08. The normalized spacial score (nSPS) is 10.9. The van der Waals surface area contributed by atoms with Crippen LogP contribution in [0.25, 0.3) is 11.0 Å². The second-order valence-electron chi connectivity index (χ2n) is 5.71. The molecule has 2 aromatic carbocycles. The third-order valence-electron chi connectivity index (χ3n) is 4.03. The minimum atomic E-state index is -1.11. The summed E-state index contributed by atoms with van der Waals surface area (Å²) in [6.07, 6.45) is -0.409. The van der Waals surface area contributed by atoms with Gasteiger partial charge in [0.1, 0.15) is 23.8 Å². The van der Waals surface area contributed by atoms with E-state index in [0.29, 0.717) is 16.7 Å². The van der Waals surface area contributed by atoms with Gasteiger partial charge in [0.25, 0.3) is 0 Å². The van der Waals surface area contributed by atoms with Crippen LogP contribution in [-0.4, -0.2) is 11.1 Å². The van der Waals surface area contributed by atoms with Crippen LogP contribution in [0.2, 0.25) is 5.02 Å². The van der Waals surface area contributed by atoms with E-state index in [1.54, 1.807) is 25.1 Å². The summed E-state index contributed by atoms with van der Waals surface area (Å²) in [5.74, 6) is -1.22. The van der Waals surface area contributed by atoms with E-state index in [2.05, 4.69) is 0 Å². The lowest BCUT2D eigenvalue weighted by atomic mass is 10.0. The summed E-state index contributed by atoms with van der Waals surface area (Å²) in [4.78, 5) is 22.9. The summed E-state index contributed by atoms with van der Waals surface area (Å²) >= 11 is 5.96. The highest BCUT2D eigenvalue weighted by Crippen LogP contribution is 2.26. The number of aryl methyl sites for hydroxylation is 1. The smallest absolute Gasteiger partial charge is 0.340 e. The van der Waals surface area contributed by atoms with Gasteiger partial charge in [-0.1, -0.05) is 17.7 Å². The van der Waals surface area contributed by atoms with Crippen molar-refractivity contribution in [2.24, 2.45) is 0 Å². The number of rotatable bonds is 5. The number of aliphatic carboxylic acids is 1. The SMILES string of the molecule is Cc1c(CC(=O)O)c(=O)oc2cc(OCc3c(F)cccc3Cl)ccc12. The highest BCUT2D eigenvalue weighted by molar-refractivity contribution is 6.31. The Morgan fingerprint density at radius 3 is 2.73 bits per heavy atom. The van der Waals surface area contributed by atoms with E-state index in [-0.39, 0.29) is 28.3 Å². The maximum Gasteiger partial charge on any atom is 0.340 e. The number of fused-ring (bicyclic) bond motifs is 1. The zero-order valence-corrected chi connectivity index (χ0v) is 14.5. The number of carbonyl (C=O) groups is 1. The largest absolute Gasteiger partial charge is 0.489 e. The van der Waals surface area contributed by atoms with Crippen molar-refractivity contribution in [1.82, 2.24) is 0 Å². The minimum absolute atomic E-state index is 0.0860. The molecule has 0 saturated carbocycles. The summed E-state index contributed by atoms with van der Waals surface area (Å²) in [7, 11) is 0. The van der Waals surface area contributed by atoms with E-state index in [1.807, 2.05) is 0 Å². The van der Waals surface area contributed by atoms with E-state index >= 15 is 0 Å². The van der Waals surface area contributed by atoms with Crippen LogP contribution in [0.3, 0.4) is 0 Å². The van der Waals surface area contributed by atoms with Crippen molar-refractivity contribution in [3.05, 3.63) is 74.3 Å². The molecule has 0 bridgehead atoms. The summed E-state index contributed by atoms with van der Waals surface area (Å²) in [5, 5.41) is 9.78. The summed E-state index contributed by atoms with van der Waals surface area (Å²) < 4.78 is 24.6. The number of benzene rings is 2. The van der Waals surface area contributed by atoms with Gasteiger partial charge in [-0.25, -0.2) is 9.18 Å². The molecule has 1 N–H and O–H groups in total. The number of hydrogen-bond donors (Lipinski definition) is 1. The summed E-state index contributed by atoms with van der Waals surface area (Å²) in [6.45, 7) is 1.58. The Morgan fingerprint density at radius 1 is 1.27 bits per heavy atom. The molecule has 5 nitrogen and oxygen atoms in total. The van der Waals surface area contributed by atoms with E-state index in [4.69, 9.17) is 25.9 Å². The molecule has 0 fully saturated rings. The molecule has 7 heteroatoms. The lowest BCUT2D eigenvalue weighted by Gasteiger charge is -2.10. The van der Waals surface area contributed by atoms with Gasteiger partial charge in [-0.2, -0.15) is 0 Å². The van der Waals surface area contributed by atoms with Crippen molar-refractivity contribution in [1.29, 1.82) is 0 Å². The molecule has 0 spiro atoms. The highest BCUT2D eigenvalue weighted by atomic mass is 35.5. The predicted molar refractivity (Wildman–Crippen MR) is 94.3 cm³/mol. The van der Waals surface area contributed by atoms with Gasteiger partial charge < -0.3 is 14.3 Å². The molecule has 0 radical (unpaired) electrons. The monoisotopic (exact) mass is 376 g/mol. The zero-order valence-electron chi connectivity index (χ0n) is 13.7. The highest BCUT2D eigenvalue weighted by Gasteiger charge is 2.15. The molecule has 0 atom stereocenters. The van der Waals surface area contributed by atoms with Crippen molar-refractivity contribution in [2.45, 2.75) is 20.0 Å². The third-order valence-corrected chi connectivity index (χ3v) is 4.39. The molecule has 0 unspecified atom stereocenters. The van der Waals surface area contributed by atoms with Gasteiger partial charge in [0, 0.05) is 17.0 Å². The first-order chi connectivity index (χ1) is 12.4. The van der Waals surface area contributed by atoms with Crippen molar-refractivity contribution in [3.63, 3.8) is 0 Å². The first kappa shape index (κ1) is 17.9. The fourth-order valence-electron chi connectivity index (χ4n) is 2.65. The standard InChI is InChI=1S/C19H14ClFO5/c1-10-12-6-5-11(25-9-14-15(20)3-2-4-16(14)21)7-17(12)26-19(24)13(10)8-18(22)23/h2-7H,8-9H2,1H3,(H,22,23). The molecule has 3 aromatic rings. The van der Waals surface area contributed by atoms with Crippen molar-refractivity contribution >= 4 is 28.5 Å². The number of ether oxygens (including phenoxy) is 1. The maximum absolute atomic E-state index is 13.8. The Morgan fingerprint density at radius 2 is 2.04 bits per heavy atom. The van der Waals surface area contributed by atoms with Crippen LogP contribution < -0.4 is 10.4 Å². The average molecular weight is 377 g/mol. The average Bonchev–Trinajstić information content (AvgIpc) is 2.58. The van der Waals surface area contributed by atoms with Crippen LogP contribution in [0, 0.1) is 12.7 Å². The topological polar surface area (TPSA) is 76.7 Å². The van der Waals surface area contributed by atoms with Gasteiger partial charge in [-0.05, 0) is 36.8 Å². The second-order valence-corrected chi connectivity index (χ2v) is 6.12. The molecule has 0 saturated heterocycles. The second kappa shape index (κ2) is 7.17. The van der Waals surface area contributed by atoms with Crippen molar-refractivity contribution < 1.29 is 23.4 Å². The van der Waals surface area contributed by atoms with Crippen molar-refractivity contribution in [3.8, 4) is 5.75 Å². The maximum atomic E-state index is 13.8. The molecule has 0 aliphatic carbocycles. The lowest BCUT2D eigenvalue weighted by Crippen LogP contribution is -2.14. The number of halogens is 2. The van der Waals surface area contributed by atoms with Crippen LogP contribution in [0.5, 0.6) is 5.75 Å². The van der Waals surface area contributed by atoms with E-state index in [1.165, 1.54) is 18.2 Å². The van der Waals surface area contributed by atoms with Gasteiger partial charge in [-0.15, -0.1) is 0 Å². The number of carboxylic acids is 1. The van der Waals surface area contributed by atoms with E-state index < -0.39 is 23.8 Å². The molecular formula is C19H14ClFO5. The van der Waals surface area contributed by atoms with Crippen LogP contribution in [0.15, 0.2) is 45.6 Å². The molecule has 134 valence electrons. The predicted octanol–water partition coefficient (Wildman–Crippen LogP) is 4.10. The molecule has 1 aromatic heterocycles. The quantitative estimate of drug-likeness (QED) is 0.678. The van der Waals surface area contributed by atoms with Crippen LogP contribution in [0.1, 0.15) is 16.7 Å². The zero-order chi connectivity index (χ0) is 18.8. The molecule has 3 rings (SSSR count). The third kappa shape index (κ3) is 3.55. The molecule has 0 aliphatic rings. The summed E-state index contributed by atoms with van der Waals surface area (Å²) in [6, 6.07) is 9.16. The van der Waals surface area contributed by atoms with Gasteiger partial charge in [0.05, 0.1) is 17.0 Å². The molecule has 1 heterocycles. The Hall–Kier alpha value is -2.86. The fraction of sp³-hybridized carbons (Fsp3) is 0.158. The Balaban J connectivity index is 1.92. The number of carboxylic acid groups (broad SMARTS) is 1. The minimum Gasteiger partial charge on any atom is -0.489 e. The van der Waals surface area contributed by atoms with E-state index in [9.17, 15) is 14.0 Å². The molecular weight excluding hydrogens is 363 g/mol. The summed E-state index contributed by atoms with van der Waals surface area (Å²) in [5.41, 5.74) is 0.438. The van der Waals surface area contributed by atoms with Gasteiger partial charge in [-0.3, -0.25) is 4.79 Å². The Labute approximate surface area is 152 Å².